The Hall–Kier alpha value is -0.950. The largest absolute Gasteiger partial charge is 0.382 e. The number of nitrogen functional groups attached to an aromatic ring is 1. The fraction of sp³-hybridized carbons (Fsp3) is 0.200. The van der Waals surface area contributed by atoms with Crippen molar-refractivity contribution in [2.24, 2.45) is 0 Å². The van der Waals surface area contributed by atoms with E-state index in [0.29, 0.717) is 0 Å². The number of sulfone groups is 1. The molecule has 0 spiro atoms. The average Bonchev–Trinajstić information content (AvgIpc) is 2.31. The minimum absolute atomic E-state index is 0.0162. The van der Waals surface area contributed by atoms with Crippen LogP contribution >= 0.6 is 11.3 Å². The van der Waals surface area contributed by atoms with Gasteiger partial charge in [0, 0.05) is 6.26 Å². The number of aromatic nitrogens is 1. The molecule has 1 rings (SSSR count). The third kappa shape index (κ3) is 1.62. The van der Waals surface area contributed by atoms with Gasteiger partial charge in [0.25, 0.3) is 5.12 Å². The zero-order valence-corrected chi connectivity index (χ0v) is 7.78. The Labute approximate surface area is 73.1 Å². The Kier molecular flexibility index (Phi) is 2.16. The molecule has 0 aliphatic rings. The number of thiazole rings is 1. The quantitative estimate of drug-likeness (QED) is 0.693. The van der Waals surface area contributed by atoms with Crippen molar-refractivity contribution < 1.29 is 13.2 Å². The summed E-state index contributed by atoms with van der Waals surface area (Å²) in [6, 6.07) is 0. The molecule has 0 fully saturated rings. The molecule has 0 aliphatic heterocycles. The second kappa shape index (κ2) is 2.83. The molecule has 66 valence electrons. The van der Waals surface area contributed by atoms with Crippen LogP contribution in [0.15, 0.2) is 5.51 Å². The highest BCUT2D eigenvalue weighted by Gasteiger charge is 2.22. The SMILES string of the molecule is CS(=O)(=O)C(=O)c1scnc1N. The molecule has 7 heteroatoms. The lowest BCUT2D eigenvalue weighted by Crippen LogP contribution is -2.12. The first-order valence-electron chi connectivity index (χ1n) is 2.86. The summed E-state index contributed by atoms with van der Waals surface area (Å²) in [5.74, 6) is -0.0320. The molecule has 2 N–H and O–H groups in total. The summed E-state index contributed by atoms with van der Waals surface area (Å²) in [6.45, 7) is 0. The van der Waals surface area contributed by atoms with Gasteiger partial charge >= 0.3 is 0 Å². The summed E-state index contributed by atoms with van der Waals surface area (Å²) in [6.07, 6.45) is 0.842. The van der Waals surface area contributed by atoms with Crippen molar-refractivity contribution >= 4 is 32.1 Å². The Bertz CT molecular complexity index is 406. The monoisotopic (exact) mass is 206 g/mol. The van der Waals surface area contributed by atoms with Crippen molar-refractivity contribution in [2.75, 3.05) is 12.0 Å². The van der Waals surface area contributed by atoms with Gasteiger partial charge in [-0.25, -0.2) is 13.4 Å². The van der Waals surface area contributed by atoms with Gasteiger partial charge in [-0.2, -0.15) is 0 Å². The molecule has 1 aromatic heterocycles. The predicted octanol–water partition coefficient (Wildman–Crippen LogP) is -0.0899. The van der Waals surface area contributed by atoms with Crippen LogP contribution in [0.4, 0.5) is 5.82 Å². The molecule has 0 aliphatic carbocycles. The highest BCUT2D eigenvalue weighted by atomic mass is 32.2. The van der Waals surface area contributed by atoms with Gasteiger partial charge in [0.1, 0.15) is 10.7 Å². The van der Waals surface area contributed by atoms with E-state index in [4.69, 9.17) is 5.73 Å². The number of rotatable bonds is 1. The van der Waals surface area contributed by atoms with Gasteiger partial charge in [0.15, 0.2) is 0 Å². The lowest BCUT2D eigenvalue weighted by Gasteiger charge is -1.93. The van der Waals surface area contributed by atoms with Crippen LogP contribution < -0.4 is 5.73 Å². The van der Waals surface area contributed by atoms with E-state index in [1.54, 1.807) is 0 Å². The van der Waals surface area contributed by atoms with Gasteiger partial charge in [-0.15, -0.1) is 11.3 Å². The summed E-state index contributed by atoms with van der Waals surface area (Å²) >= 11 is 0.920. The number of hydrogen-bond acceptors (Lipinski definition) is 6. The van der Waals surface area contributed by atoms with Crippen LogP contribution in [0, 0.1) is 0 Å². The fourth-order valence-electron chi connectivity index (χ4n) is 0.576. The Morgan fingerprint density at radius 2 is 2.25 bits per heavy atom. The second-order valence-electron chi connectivity index (χ2n) is 2.13. The lowest BCUT2D eigenvalue weighted by molar-refractivity contribution is 0.108. The standard InChI is InChI=1S/C5H6N2O3S2/c1-12(9,10)5(8)3-4(6)7-2-11-3/h2H,6H2,1H3. The van der Waals surface area contributed by atoms with Crippen molar-refractivity contribution in [1.29, 1.82) is 0 Å². The van der Waals surface area contributed by atoms with Gasteiger partial charge in [-0.3, -0.25) is 4.79 Å². The molecular formula is C5H6N2O3S2. The summed E-state index contributed by atoms with van der Waals surface area (Å²) in [5, 5.41) is -0.970. The molecule has 0 radical (unpaired) electrons. The van der Waals surface area contributed by atoms with E-state index < -0.39 is 15.0 Å². The molecule has 0 atom stereocenters. The van der Waals surface area contributed by atoms with Crippen LogP contribution in [0.3, 0.4) is 0 Å². The summed E-state index contributed by atoms with van der Waals surface area (Å²) < 4.78 is 21.5. The van der Waals surface area contributed by atoms with Crippen LogP contribution in [-0.2, 0) is 9.84 Å². The molecule has 0 unspecified atom stereocenters. The number of anilines is 1. The molecule has 12 heavy (non-hydrogen) atoms. The Morgan fingerprint density at radius 1 is 1.67 bits per heavy atom. The number of hydrogen-bond donors (Lipinski definition) is 1. The van der Waals surface area contributed by atoms with Crippen molar-refractivity contribution in [3.05, 3.63) is 10.4 Å². The van der Waals surface area contributed by atoms with Crippen molar-refractivity contribution in [1.82, 2.24) is 4.98 Å². The van der Waals surface area contributed by atoms with E-state index in [9.17, 15) is 13.2 Å². The molecular weight excluding hydrogens is 200 g/mol. The molecule has 0 saturated carbocycles. The van der Waals surface area contributed by atoms with Gasteiger partial charge in [-0.05, 0) is 0 Å². The van der Waals surface area contributed by atoms with Crippen LogP contribution in [-0.4, -0.2) is 24.8 Å². The lowest BCUT2D eigenvalue weighted by atomic mass is 10.5. The van der Waals surface area contributed by atoms with Gasteiger partial charge in [0.05, 0.1) is 5.51 Å². The highest BCUT2D eigenvalue weighted by molar-refractivity contribution is 8.06. The van der Waals surface area contributed by atoms with E-state index in [-0.39, 0.29) is 10.7 Å². The van der Waals surface area contributed by atoms with Gasteiger partial charge in [0.2, 0.25) is 9.84 Å². The third-order valence-electron chi connectivity index (χ3n) is 1.12. The normalized spacial score (nSPS) is 11.4. The average molecular weight is 206 g/mol. The van der Waals surface area contributed by atoms with E-state index >= 15 is 0 Å². The minimum atomic E-state index is -3.70. The third-order valence-corrected chi connectivity index (χ3v) is 2.97. The van der Waals surface area contributed by atoms with E-state index in [1.807, 2.05) is 0 Å². The first-order chi connectivity index (χ1) is 5.43. The predicted molar refractivity (Wildman–Crippen MR) is 45.7 cm³/mol. The van der Waals surface area contributed by atoms with Crippen LogP contribution in [0.25, 0.3) is 0 Å². The number of nitrogens with zero attached hydrogens (tertiary/aromatic N) is 1. The summed E-state index contributed by atoms with van der Waals surface area (Å²) in [7, 11) is -3.70. The summed E-state index contributed by atoms with van der Waals surface area (Å²) in [4.78, 5) is 14.6. The fourth-order valence-corrected chi connectivity index (χ4v) is 2.16. The topological polar surface area (TPSA) is 90.1 Å². The van der Waals surface area contributed by atoms with Crippen LogP contribution in [0.5, 0.6) is 0 Å². The Morgan fingerprint density at radius 3 is 2.58 bits per heavy atom. The maximum Gasteiger partial charge on any atom is 0.290 e. The second-order valence-corrected chi connectivity index (χ2v) is 4.90. The highest BCUT2D eigenvalue weighted by Crippen LogP contribution is 2.17. The smallest absolute Gasteiger partial charge is 0.290 e. The van der Waals surface area contributed by atoms with E-state index in [1.165, 1.54) is 5.51 Å². The first kappa shape index (κ1) is 9.14. The molecule has 0 amide bonds. The molecule has 0 saturated heterocycles. The van der Waals surface area contributed by atoms with Gasteiger partial charge in [-0.1, -0.05) is 0 Å². The molecule has 1 aromatic rings. The van der Waals surface area contributed by atoms with Crippen molar-refractivity contribution in [2.45, 2.75) is 0 Å². The number of nitrogens with two attached hydrogens (primary N) is 1. The maximum atomic E-state index is 11.1. The Balaban J connectivity index is 3.19. The zero-order valence-electron chi connectivity index (χ0n) is 6.14. The molecule has 1 heterocycles. The molecule has 0 bridgehead atoms. The molecule has 0 aromatic carbocycles. The first-order valence-corrected chi connectivity index (χ1v) is 5.63. The van der Waals surface area contributed by atoms with E-state index in [0.717, 1.165) is 17.6 Å². The van der Waals surface area contributed by atoms with E-state index in [2.05, 4.69) is 4.98 Å². The zero-order chi connectivity index (χ0) is 9.35. The van der Waals surface area contributed by atoms with Crippen LogP contribution in [0.1, 0.15) is 9.67 Å². The number of carbonyl (C=O) groups excluding carboxylic acids is 1. The number of carbonyl (C=O) groups is 1. The van der Waals surface area contributed by atoms with Crippen molar-refractivity contribution in [3.63, 3.8) is 0 Å². The van der Waals surface area contributed by atoms with Crippen LogP contribution in [0.2, 0.25) is 0 Å². The maximum absolute atomic E-state index is 11.1. The minimum Gasteiger partial charge on any atom is -0.382 e. The van der Waals surface area contributed by atoms with Crippen molar-refractivity contribution in [3.8, 4) is 0 Å². The summed E-state index contributed by atoms with van der Waals surface area (Å²) in [5.41, 5.74) is 6.58. The van der Waals surface area contributed by atoms with Gasteiger partial charge < -0.3 is 5.73 Å². The molecule has 5 nitrogen and oxygen atoms in total.